The number of sulfone groups is 1. The number of nitrogens with one attached hydrogen (secondary N) is 1. The maximum Gasteiger partial charge on any atom is 0.194 e. The van der Waals surface area contributed by atoms with Gasteiger partial charge in [0.15, 0.2) is 5.96 Å². The number of aliphatic imine (C=N–C) groups is 1. The molecule has 0 aliphatic carbocycles. The summed E-state index contributed by atoms with van der Waals surface area (Å²) in [5.74, 6) is 0.414. The molecule has 1 fully saturated rings. The Labute approximate surface area is 172 Å². The lowest BCUT2D eigenvalue weighted by molar-refractivity contribution is -0.0605. The van der Waals surface area contributed by atoms with Crippen LogP contribution in [-0.4, -0.2) is 63.6 Å². The van der Waals surface area contributed by atoms with E-state index in [1.54, 1.807) is 12.1 Å². The summed E-state index contributed by atoms with van der Waals surface area (Å²) >= 11 is 0. The predicted octanol–water partition coefficient (Wildman–Crippen LogP) is 2.22. The van der Waals surface area contributed by atoms with Gasteiger partial charge in [-0.15, -0.1) is 24.0 Å². The van der Waals surface area contributed by atoms with E-state index >= 15 is 0 Å². The second-order valence-electron chi connectivity index (χ2n) is 6.26. The fraction of sp³-hybridized carbons (Fsp3) is 0.588. The monoisotopic (exact) mass is 499 g/mol. The topological polar surface area (TPSA) is 71.0 Å². The smallest absolute Gasteiger partial charge is 0.194 e. The van der Waals surface area contributed by atoms with Crippen LogP contribution >= 0.6 is 24.0 Å². The molecule has 9 heteroatoms. The third-order valence-corrected chi connectivity index (χ3v) is 4.78. The number of benzene rings is 1. The zero-order valence-corrected chi connectivity index (χ0v) is 18.5. The van der Waals surface area contributed by atoms with Crippen molar-refractivity contribution in [3.63, 3.8) is 0 Å². The molecule has 0 radical (unpaired) electrons. The molecule has 6 nitrogen and oxygen atoms in total. The van der Waals surface area contributed by atoms with Crippen LogP contribution in [0.5, 0.6) is 0 Å². The van der Waals surface area contributed by atoms with Crippen molar-refractivity contribution < 1.29 is 17.5 Å². The zero-order valence-electron chi connectivity index (χ0n) is 15.3. The van der Waals surface area contributed by atoms with Crippen molar-refractivity contribution in [2.75, 3.05) is 38.2 Å². The highest BCUT2D eigenvalue weighted by Crippen LogP contribution is 2.25. The van der Waals surface area contributed by atoms with Crippen molar-refractivity contribution >= 4 is 39.8 Å². The molecule has 148 valence electrons. The van der Waals surface area contributed by atoms with E-state index in [1.807, 2.05) is 13.8 Å². The van der Waals surface area contributed by atoms with E-state index < -0.39 is 9.84 Å². The summed E-state index contributed by atoms with van der Waals surface area (Å²) in [5, 5.41) is 3.21. The Kier molecular flexibility index (Phi) is 9.25. The number of guanidine groups is 1. The number of rotatable bonds is 5. The van der Waals surface area contributed by atoms with Gasteiger partial charge >= 0.3 is 0 Å². The van der Waals surface area contributed by atoms with Crippen molar-refractivity contribution in [1.82, 2.24) is 10.2 Å². The van der Waals surface area contributed by atoms with Crippen LogP contribution < -0.4 is 5.32 Å². The first-order valence-electron chi connectivity index (χ1n) is 8.40. The molecule has 1 saturated heterocycles. The SMILES string of the molecule is CCNC(=NCCS(C)(=O)=O)N1CC(C)OC(c2ccc(F)cc2)C1.I. The van der Waals surface area contributed by atoms with Gasteiger partial charge in [-0.1, -0.05) is 12.1 Å². The van der Waals surface area contributed by atoms with E-state index in [9.17, 15) is 12.8 Å². The molecular formula is C17H27FIN3O3S. The van der Waals surface area contributed by atoms with Crippen LogP contribution in [0.15, 0.2) is 29.3 Å². The molecule has 2 rings (SSSR count). The number of hydrogen-bond acceptors (Lipinski definition) is 4. The Morgan fingerprint density at radius 3 is 2.58 bits per heavy atom. The first-order valence-corrected chi connectivity index (χ1v) is 10.5. The summed E-state index contributed by atoms with van der Waals surface area (Å²) in [4.78, 5) is 6.50. The fourth-order valence-electron chi connectivity index (χ4n) is 2.73. The van der Waals surface area contributed by atoms with Crippen LogP contribution in [0.4, 0.5) is 4.39 Å². The highest BCUT2D eigenvalue weighted by molar-refractivity contribution is 14.0. The molecule has 1 aromatic carbocycles. The molecule has 0 spiro atoms. The molecule has 1 aliphatic rings. The maximum absolute atomic E-state index is 13.1. The maximum atomic E-state index is 13.1. The number of halogens is 2. The minimum Gasteiger partial charge on any atom is -0.367 e. The summed E-state index contributed by atoms with van der Waals surface area (Å²) in [6.45, 7) is 6.07. The number of hydrogen-bond donors (Lipinski definition) is 1. The molecule has 1 aliphatic heterocycles. The lowest BCUT2D eigenvalue weighted by atomic mass is 10.1. The van der Waals surface area contributed by atoms with Gasteiger partial charge in [-0.25, -0.2) is 12.8 Å². The molecule has 26 heavy (non-hydrogen) atoms. The summed E-state index contributed by atoms with van der Waals surface area (Å²) in [6, 6.07) is 6.30. The van der Waals surface area contributed by atoms with Gasteiger partial charge < -0.3 is 15.0 Å². The molecule has 0 aromatic heterocycles. The van der Waals surface area contributed by atoms with E-state index in [1.165, 1.54) is 18.4 Å². The molecule has 2 atom stereocenters. The average Bonchev–Trinajstić information content (AvgIpc) is 2.53. The zero-order chi connectivity index (χ0) is 18.4. The Bertz CT molecular complexity index is 698. The minimum absolute atomic E-state index is 0. The summed E-state index contributed by atoms with van der Waals surface area (Å²) in [7, 11) is -3.05. The Morgan fingerprint density at radius 2 is 2.00 bits per heavy atom. The molecular weight excluding hydrogens is 472 g/mol. The van der Waals surface area contributed by atoms with Crippen molar-refractivity contribution in [2.24, 2.45) is 4.99 Å². The molecule has 1 heterocycles. The first-order chi connectivity index (χ1) is 11.8. The summed E-state index contributed by atoms with van der Waals surface area (Å²) in [6.07, 6.45) is 0.988. The third kappa shape index (κ3) is 7.36. The molecule has 0 amide bonds. The van der Waals surface area contributed by atoms with Gasteiger partial charge in [0.1, 0.15) is 21.8 Å². The number of ether oxygens (including phenoxy) is 1. The summed E-state index contributed by atoms with van der Waals surface area (Å²) in [5.41, 5.74) is 0.907. The number of morpholine rings is 1. The predicted molar refractivity (Wildman–Crippen MR) is 112 cm³/mol. The van der Waals surface area contributed by atoms with Gasteiger partial charge in [-0.3, -0.25) is 4.99 Å². The quantitative estimate of drug-likeness (QED) is 0.382. The van der Waals surface area contributed by atoms with Crippen LogP contribution in [0.2, 0.25) is 0 Å². The van der Waals surface area contributed by atoms with Crippen molar-refractivity contribution in [1.29, 1.82) is 0 Å². The van der Waals surface area contributed by atoms with E-state index in [0.29, 0.717) is 25.6 Å². The van der Waals surface area contributed by atoms with E-state index in [2.05, 4.69) is 15.2 Å². The van der Waals surface area contributed by atoms with Gasteiger partial charge in [-0.05, 0) is 31.5 Å². The van der Waals surface area contributed by atoms with Gasteiger partial charge in [0.05, 0.1) is 24.9 Å². The minimum atomic E-state index is -3.05. The van der Waals surface area contributed by atoms with Crippen molar-refractivity contribution in [3.8, 4) is 0 Å². The normalized spacial score (nSPS) is 21.2. The molecule has 1 aromatic rings. The fourth-order valence-corrected chi connectivity index (χ4v) is 3.15. The van der Waals surface area contributed by atoms with Crippen molar-refractivity contribution in [2.45, 2.75) is 26.1 Å². The first kappa shape index (κ1) is 23.1. The standard InChI is InChI=1S/C17H26FN3O3S.HI/c1-4-19-17(20-9-10-25(3,22)23)21-11-13(2)24-16(12-21)14-5-7-15(18)8-6-14;/h5-8,13,16H,4,9-12H2,1-3H3,(H,19,20);1H. The summed E-state index contributed by atoms with van der Waals surface area (Å²) < 4.78 is 41.7. The van der Waals surface area contributed by atoms with Gasteiger partial charge in [0, 0.05) is 19.3 Å². The lowest BCUT2D eigenvalue weighted by Crippen LogP contribution is -2.50. The highest BCUT2D eigenvalue weighted by atomic mass is 127. The molecule has 1 N–H and O–H groups in total. The highest BCUT2D eigenvalue weighted by Gasteiger charge is 2.28. The average molecular weight is 499 g/mol. The number of nitrogens with zero attached hydrogens (tertiary/aromatic N) is 2. The lowest BCUT2D eigenvalue weighted by Gasteiger charge is -2.38. The second kappa shape index (κ2) is 10.4. The second-order valence-corrected chi connectivity index (χ2v) is 8.52. The van der Waals surface area contributed by atoms with E-state index in [0.717, 1.165) is 5.56 Å². The van der Waals surface area contributed by atoms with Crippen molar-refractivity contribution in [3.05, 3.63) is 35.6 Å². The van der Waals surface area contributed by atoms with Crippen LogP contribution in [-0.2, 0) is 14.6 Å². The molecule has 2 unspecified atom stereocenters. The largest absolute Gasteiger partial charge is 0.367 e. The van der Waals surface area contributed by atoms with Gasteiger partial charge in [0.2, 0.25) is 0 Å². The van der Waals surface area contributed by atoms with Crippen LogP contribution in [0.3, 0.4) is 0 Å². The Balaban J connectivity index is 0.00000338. The molecule has 0 saturated carbocycles. The third-order valence-electron chi connectivity index (χ3n) is 3.86. The Morgan fingerprint density at radius 1 is 1.35 bits per heavy atom. The van der Waals surface area contributed by atoms with E-state index in [4.69, 9.17) is 4.74 Å². The van der Waals surface area contributed by atoms with Crippen LogP contribution in [0.25, 0.3) is 0 Å². The Hall–Kier alpha value is -0.940. The van der Waals surface area contributed by atoms with Gasteiger partial charge in [-0.2, -0.15) is 0 Å². The van der Waals surface area contributed by atoms with Crippen LogP contribution in [0, 0.1) is 5.82 Å². The van der Waals surface area contributed by atoms with Gasteiger partial charge in [0.25, 0.3) is 0 Å². The molecule has 0 bridgehead atoms. The van der Waals surface area contributed by atoms with Crippen LogP contribution in [0.1, 0.15) is 25.5 Å². The van der Waals surface area contributed by atoms with E-state index in [-0.39, 0.29) is 54.3 Å².